The van der Waals surface area contributed by atoms with Crippen molar-refractivity contribution in [1.82, 2.24) is 9.13 Å². The quantitative estimate of drug-likeness (QED) is 0.180. The number of nitrogens with zero attached hydrogens (tertiary/aromatic N) is 2. The molecule has 4 heterocycles. The molecule has 0 aliphatic heterocycles. The van der Waals surface area contributed by atoms with Gasteiger partial charge in [-0.2, -0.15) is 0 Å². The number of aromatic nitrogens is 2. The van der Waals surface area contributed by atoms with Gasteiger partial charge in [-0.1, -0.05) is 97.1 Å². The third-order valence-electron chi connectivity index (χ3n) is 12.1. The average Bonchev–Trinajstić information content (AvgIpc) is 4.03. The Morgan fingerprint density at radius 3 is 1.05 bits per heavy atom. The van der Waals surface area contributed by atoms with Crippen LogP contribution in [0, 0.1) is 0 Å². The van der Waals surface area contributed by atoms with E-state index < -0.39 is 0 Å². The minimum Gasteiger partial charge on any atom is -0.456 e. The molecule has 270 valence electrons. The van der Waals surface area contributed by atoms with E-state index in [4.69, 9.17) is 8.83 Å². The van der Waals surface area contributed by atoms with Gasteiger partial charge in [-0.15, -0.1) is 0 Å². The molecule has 9 aromatic carbocycles. The maximum atomic E-state index is 6.55. The molecule has 4 aromatic heterocycles. The molecule has 58 heavy (non-hydrogen) atoms. The van der Waals surface area contributed by atoms with Crippen LogP contribution in [0.2, 0.25) is 0 Å². The fourth-order valence-electron chi connectivity index (χ4n) is 9.51. The second-order valence-electron chi connectivity index (χ2n) is 15.3. The van der Waals surface area contributed by atoms with Gasteiger partial charge in [0.05, 0.1) is 22.1 Å². The van der Waals surface area contributed by atoms with E-state index in [9.17, 15) is 0 Å². The van der Waals surface area contributed by atoms with Crippen LogP contribution in [0.4, 0.5) is 0 Å². The van der Waals surface area contributed by atoms with Crippen molar-refractivity contribution in [3.05, 3.63) is 194 Å². The Bertz CT molecular complexity index is 3540. The molecule has 0 fully saturated rings. The summed E-state index contributed by atoms with van der Waals surface area (Å²) < 4.78 is 17.8. The molecular weight excluding hydrogens is 709 g/mol. The predicted molar refractivity (Wildman–Crippen MR) is 241 cm³/mol. The first-order chi connectivity index (χ1) is 28.7. The summed E-state index contributed by atoms with van der Waals surface area (Å²) >= 11 is 0. The molecule has 13 rings (SSSR count). The van der Waals surface area contributed by atoms with Crippen molar-refractivity contribution >= 4 is 87.5 Å². The summed E-state index contributed by atoms with van der Waals surface area (Å²) in [5.74, 6) is 0. The Kier molecular flexibility index (Phi) is 6.41. The number of para-hydroxylation sites is 4. The van der Waals surface area contributed by atoms with Gasteiger partial charge in [0.25, 0.3) is 0 Å². The zero-order valence-electron chi connectivity index (χ0n) is 31.2. The number of benzene rings is 9. The first-order valence-electron chi connectivity index (χ1n) is 19.7. The number of hydrogen-bond acceptors (Lipinski definition) is 2. The molecule has 0 saturated carbocycles. The summed E-state index contributed by atoms with van der Waals surface area (Å²) in [6.07, 6.45) is 0. The topological polar surface area (TPSA) is 36.1 Å². The van der Waals surface area contributed by atoms with Crippen molar-refractivity contribution in [1.29, 1.82) is 0 Å². The van der Waals surface area contributed by atoms with Gasteiger partial charge in [-0.25, -0.2) is 0 Å². The Morgan fingerprint density at radius 2 is 0.603 bits per heavy atom. The lowest BCUT2D eigenvalue weighted by molar-refractivity contribution is 0.663. The number of rotatable bonds is 4. The van der Waals surface area contributed by atoms with Crippen molar-refractivity contribution in [3.63, 3.8) is 0 Å². The second-order valence-corrected chi connectivity index (χ2v) is 15.3. The fraction of sp³-hybridized carbons (Fsp3) is 0. The molecule has 0 amide bonds. The van der Waals surface area contributed by atoms with Gasteiger partial charge in [-0.05, 0) is 119 Å². The summed E-state index contributed by atoms with van der Waals surface area (Å²) in [4.78, 5) is 0. The Balaban J connectivity index is 0.981. The molecule has 13 aromatic rings. The van der Waals surface area contributed by atoms with E-state index in [2.05, 4.69) is 191 Å². The predicted octanol–water partition coefficient (Wildman–Crippen LogP) is 15.0. The number of furan rings is 2. The zero-order chi connectivity index (χ0) is 37.9. The first-order valence-corrected chi connectivity index (χ1v) is 19.7. The SMILES string of the molecule is c1ccc(-n2c3ccccc3c3cc(-c4ccc5oc6ccc7oc8ccc(-c9ccc%10c(c9)c9ccccc9n%10-c9ccccc9)cc8c7c6c5c4)ccc32)cc1. The highest BCUT2D eigenvalue weighted by molar-refractivity contribution is 6.26. The Labute approximate surface area is 332 Å². The fourth-order valence-corrected chi connectivity index (χ4v) is 9.51. The monoisotopic (exact) mass is 740 g/mol. The molecule has 0 radical (unpaired) electrons. The summed E-state index contributed by atoms with van der Waals surface area (Å²) in [6.45, 7) is 0. The van der Waals surface area contributed by atoms with E-state index in [-0.39, 0.29) is 0 Å². The highest BCUT2D eigenvalue weighted by atomic mass is 16.3. The van der Waals surface area contributed by atoms with Crippen LogP contribution in [0.1, 0.15) is 0 Å². The van der Waals surface area contributed by atoms with Crippen LogP contribution in [0.25, 0.3) is 121 Å². The van der Waals surface area contributed by atoms with Crippen molar-refractivity contribution in [2.24, 2.45) is 0 Å². The van der Waals surface area contributed by atoms with Crippen LogP contribution in [-0.4, -0.2) is 9.13 Å². The summed E-state index contributed by atoms with van der Waals surface area (Å²) in [5.41, 5.74) is 15.1. The molecule has 4 nitrogen and oxygen atoms in total. The van der Waals surface area contributed by atoms with Gasteiger partial charge >= 0.3 is 0 Å². The van der Waals surface area contributed by atoms with Crippen molar-refractivity contribution in [2.45, 2.75) is 0 Å². The van der Waals surface area contributed by atoms with Gasteiger partial charge < -0.3 is 18.0 Å². The second kappa shape index (κ2) is 11.8. The maximum absolute atomic E-state index is 6.55. The molecule has 0 aliphatic carbocycles. The molecule has 0 atom stereocenters. The van der Waals surface area contributed by atoms with E-state index in [1.54, 1.807) is 0 Å². The molecule has 0 N–H and O–H groups in total. The highest BCUT2D eigenvalue weighted by Gasteiger charge is 2.20. The van der Waals surface area contributed by atoms with E-state index in [1.807, 2.05) is 12.1 Å². The summed E-state index contributed by atoms with van der Waals surface area (Å²) in [7, 11) is 0. The Hall–Kier alpha value is -7.82. The molecule has 0 bridgehead atoms. The molecule has 0 unspecified atom stereocenters. The van der Waals surface area contributed by atoms with Crippen LogP contribution in [0.3, 0.4) is 0 Å². The molecule has 0 aliphatic rings. The minimum absolute atomic E-state index is 0.851. The van der Waals surface area contributed by atoms with Crippen LogP contribution in [0.5, 0.6) is 0 Å². The number of hydrogen-bond donors (Lipinski definition) is 0. The zero-order valence-corrected chi connectivity index (χ0v) is 31.2. The maximum Gasteiger partial charge on any atom is 0.136 e. The Morgan fingerprint density at radius 1 is 0.259 bits per heavy atom. The van der Waals surface area contributed by atoms with Gasteiger partial charge in [0, 0.05) is 54.5 Å². The van der Waals surface area contributed by atoms with E-state index in [1.165, 1.54) is 43.6 Å². The van der Waals surface area contributed by atoms with Gasteiger partial charge in [-0.3, -0.25) is 0 Å². The minimum atomic E-state index is 0.851. The van der Waals surface area contributed by atoms with Gasteiger partial charge in [0.2, 0.25) is 0 Å². The summed E-state index contributed by atoms with van der Waals surface area (Å²) in [6, 6.07) is 69.5. The standard InChI is InChI=1S/C54H32N2O2/c1-3-11-37(12-4-1)55-45-17-9-7-15-39(45)41-29-33(19-23-47(41)55)35-21-25-49-43(31-35)53-51(57-49)27-28-52-54(53)44-32-36(22-26-50(44)58-52)34-20-24-48-42(30-34)40-16-8-10-18-46(40)56(48)38-13-5-2-6-14-38/h1-32H. The van der Waals surface area contributed by atoms with Crippen molar-refractivity contribution < 1.29 is 8.83 Å². The van der Waals surface area contributed by atoms with Gasteiger partial charge in [0.15, 0.2) is 0 Å². The first kappa shape index (κ1) is 31.4. The number of fused-ring (bicyclic) bond motifs is 13. The van der Waals surface area contributed by atoms with Crippen molar-refractivity contribution in [3.8, 4) is 33.6 Å². The lowest BCUT2D eigenvalue weighted by Gasteiger charge is -2.08. The van der Waals surface area contributed by atoms with E-state index in [0.717, 1.165) is 77.5 Å². The van der Waals surface area contributed by atoms with Crippen molar-refractivity contribution in [2.75, 3.05) is 0 Å². The average molecular weight is 741 g/mol. The smallest absolute Gasteiger partial charge is 0.136 e. The van der Waals surface area contributed by atoms with Crippen LogP contribution in [-0.2, 0) is 0 Å². The van der Waals surface area contributed by atoms with Crippen LogP contribution in [0.15, 0.2) is 203 Å². The largest absolute Gasteiger partial charge is 0.456 e. The molecule has 4 heteroatoms. The lowest BCUT2D eigenvalue weighted by Crippen LogP contribution is -1.92. The molecule has 0 saturated heterocycles. The van der Waals surface area contributed by atoms with E-state index in [0.29, 0.717) is 0 Å². The lowest BCUT2D eigenvalue weighted by atomic mass is 9.98. The van der Waals surface area contributed by atoms with Gasteiger partial charge in [0.1, 0.15) is 22.3 Å². The highest BCUT2D eigenvalue weighted by Crippen LogP contribution is 2.43. The third kappa shape index (κ3) is 4.45. The molecule has 0 spiro atoms. The van der Waals surface area contributed by atoms with Crippen LogP contribution >= 0.6 is 0 Å². The third-order valence-corrected chi connectivity index (χ3v) is 12.1. The summed E-state index contributed by atoms with van der Waals surface area (Å²) in [5, 5.41) is 9.24. The normalized spacial score (nSPS) is 12.1. The van der Waals surface area contributed by atoms with Crippen LogP contribution < -0.4 is 0 Å². The van der Waals surface area contributed by atoms with E-state index >= 15 is 0 Å². The molecular formula is C54H32N2O2.